The van der Waals surface area contributed by atoms with Crippen LogP contribution < -0.4 is 0 Å². The van der Waals surface area contributed by atoms with Crippen molar-refractivity contribution in [2.24, 2.45) is 5.16 Å². The van der Waals surface area contributed by atoms with Gasteiger partial charge in [0, 0.05) is 47.1 Å². The quantitative estimate of drug-likeness (QED) is 0.518. The van der Waals surface area contributed by atoms with Gasteiger partial charge in [0.25, 0.3) is 0 Å². The van der Waals surface area contributed by atoms with Crippen molar-refractivity contribution in [2.45, 2.75) is 51.7 Å². The van der Waals surface area contributed by atoms with Gasteiger partial charge in [-0.2, -0.15) is 5.10 Å². The van der Waals surface area contributed by atoms with Crippen LogP contribution in [0.15, 0.2) is 40.9 Å². The highest BCUT2D eigenvalue weighted by molar-refractivity contribution is 7.10. The summed E-state index contributed by atoms with van der Waals surface area (Å²) >= 11 is 7.98. The van der Waals surface area contributed by atoms with Gasteiger partial charge >= 0.3 is 0 Å². The molecule has 7 nitrogen and oxygen atoms in total. The number of thiazole rings is 1. The Balaban J connectivity index is 1.17. The predicted octanol–water partition coefficient (Wildman–Crippen LogP) is 4.88. The lowest BCUT2D eigenvalue weighted by atomic mass is 9.97. The van der Waals surface area contributed by atoms with Crippen molar-refractivity contribution in [1.29, 1.82) is 0 Å². The fourth-order valence-corrected chi connectivity index (χ4v) is 5.74. The van der Waals surface area contributed by atoms with Gasteiger partial charge in [-0.3, -0.25) is 9.48 Å². The van der Waals surface area contributed by atoms with E-state index in [0.29, 0.717) is 23.9 Å². The minimum Gasteiger partial charge on any atom is -0.387 e. The van der Waals surface area contributed by atoms with Crippen LogP contribution in [0.25, 0.3) is 0 Å². The molecule has 33 heavy (non-hydrogen) atoms. The number of piperidine rings is 1. The van der Waals surface area contributed by atoms with Crippen molar-refractivity contribution < 1.29 is 9.63 Å². The zero-order chi connectivity index (χ0) is 22.9. The molecule has 5 rings (SSSR count). The van der Waals surface area contributed by atoms with Gasteiger partial charge in [-0.25, -0.2) is 4.98 Å². The van der Waals surface area contributed by atoms with Crippen molar-refractivity contribution in [2.75, 3.05) is 13.1 Å². The minimum atomic E-state index is -0.171. The van der Waals surface area contributed by atoms with Gasteiger partial charge in [-0.1, -0.05) is 35.0 Å². The molecule has 1 amide bonds. The standard InChI is InChI=1S/C24H26ClN5O2S/c1-15-11-16(2)30(27-15)13-23(31)29-9-7-17(8-10-29)24-26-21(14-33-24)20-12-22(32-28-20)18-5-3-4-6-19(18)25/h3-6,11,14,17,22H,7-10,12-13H2,1-2H3/t22-/m0/s1. The molecule has 1 saturated heterocycles. The summed E-state index contributed by atoms with van der Waals surface area (Å²) in [7, 11) is 0. The molecule has 0 aliphatic carbocycles. The van der Waals surface area contributed by atoms with Crippen LogP contribution in [0.3, 0.4) is 0 Å². The van der Waals surface area contributed by atoms with Crippen LogP contribution in [0, 0.1) is 13.8 Å². The second-order valence-corrected chi connectivity index (χ2v) is 9.97. The van der Waals surface area contributed by atoms with Crippen LogP contribution in [0.5, 0.6) is 0 Å². The molecule has 4 heterocycles. The summed E-state index contributed by atoms with van der Waals surface area (Å²) < 4.78 is 1.79. The third-order valence-corrected chi connectivity index (χ3v) is 7.68. The topological polar surface area (TPSA) is 72.6 Å². The number of likely N-dealkylation sites (tertiary alicyclic amines) is 1. The molecule has 9 heteroatoms. The number of oxime groups is 1. The Bertz CT molecular complexity index is 1200. The Morgan fingerprint density at radius 2 is 2.03 bits per heavy atom. The monoisotopic (exact) mass is 483 g/mol. The summed E-state index contributed by atoms with van der Waals surface area (Å²) in [5.41, 5.74) is 4.65. The van der Waals surface area contributed by atoms with Gasteiger partial charge in [0.15, 0.2) is 6.10 Å². The summed E-state index contributed by atoms with van der Waals surface area (Å²) in [6.45, 7) is 5.72. The summed E-state index contributed by atoms with van der Waals surface area (Å²) in [6.07, 6.45) is 2.32. The number of amides is 1. The normalized spacial score (nSPS) is 18.9. The number of aromatic nitrogens is 3. The van der Waals surface area contributed by atoms with E-state index < -0.39 is 0 Å². The fourth-order valence-electron chi connectivity index (χ4n) is 4.48. The molecular formula is C24H26ClN5O2S. The number of aryl methyl sites for hydroxylation is 2. The molecule has 0 spiro atoms. The molecule has 1 aromatic carbocycles. The molecule has 0 saturated carbocycles. The molecule has 1 atom stereocenters. The zero-order valence-electron chi connectivity index (χ0n) is 18.7. The number of nitrogens with zero attached hydrogens (tertiary/aromatic N) is 5. The van der Waals surface area contributed by atoms with E-state index in [-0.39, 0.29) is 12.0 Å². The third-order valence-electron chi connectivity index (χ3n) is 6.32. The highest BCUT2D eigenvalue weighted by atomic mass is 35.5. The second-order valence-electron chi connectivity index (χ2n) is 8.67. The third kappa shape index (κ3) is 4.68. The van der Waals surface area contributed by atoms with E-state index in [1.54, 1.807) is 16.0 Å². The first kappa shape index (κ1) is 22.1. The van der Waals surface area contributed by atoms with Crippen molar-refractivity contribution in [3.63, 3.8) is 0 Å². The molecule has 0 unspecified atom stereocenters. The van der Waals surface area contributed by atoms with Crippen LogP contribution >= 0.6 is 22.9 Å². The maximum atomic E-state index is 12.7. The lowest BCUT2D eigenvalue weighted by molar-refractivity contribution is -0.133. The van der Waals surface area contributed by atoms with Gasteiger partial charge in [0.05, 0.1) is 16.4 Å². The molecular weight excluding hydrogens is 458 g/mol. The van der Waals surface area contributed by atoms with Crippen LogP contribution in [0.4, 0.5) is 0 Å². The largest absolute Gasteiger partial charge is 0.387 e. The van der Waals surface area contributed by atoms with Crippen molar-refractivity contribution in [3.8, 4) is 0 Å². The predicted molar refractivity (Wildman–Crippen MR) is 129 cm³/mol. The van der Waals surface area contributed by atoms with Crippen LogP contribution in [0.1, 0.15) is 58.9 Å². The minimum absolute atomic E-state index is 0.127. The number of benzene rings is 1. The van der Waals surface area contributed by atoms with Gasteiger partial charge in [-0.05, 0) is 38.8 Å². The number of carbonyl (C=O) groups excluding carboxylic acids is 1. The molecule has 3 aromatic rings. The highest BCUT2D eigenvalue weighted by Crippen LogP contribution is 2.35. The number of hydrogen-bond donors (Lipinski definition) is 0. The van der Waals surface area contributed by atoms with E-state index in [0.717, 1.165) is 59.3 Å². The lowest BCUT2D eigenvalue weighted by Crippen LogP contribution is -2.40. The highest BCUT2D eigenvalue weighted by Gasteiger charge is 2.29. The smallest absolute Gasteiger partial charge is 0.244 e. The molecule has 172 valence electrons. The van der Waals surface area contributed by atoms with Gasteiger partial charge < -0.3 is 9.74 Å². The van der Waals surface area contributed by atoms with E-state index >= 15 is 0 Å². The van der Waals surface area contributed by atoms with Crippen LogP contribution in [-0.2, 0) is 16.2 Å². The molecule has 2 aliphatic rings. The molecule has 0 bridgehead atoms. The molecule has 0 radical (unpaired) electrons. The maximum Gasteiger partial charge on any atom is 0.244 e. The summed E-state index contributed by atoms with van der Waals surface area (Å²) in [5, 5.41) is 12.6. The van der Waals surface area contributed by atoms with E-state index in [1.165, 1.54) is 0 Å². The van der Waals surface area contributed by atoms with E-state index in [4.69, 9.17) is 21.4 Å². The fraction of sp³-hybridized carbons (Fsp3) is 0.417. The average molecular weight is 484 g/mol. The van der Waals surface area contributed by atoms with Gasteiger partial charge in [0.2, 0.25) is 5.91 Å². The first-order valence-electron chi connectivity index (χ1n) is 11.2. The first-order valence-corrected chi connectivity index (χ1v) is 12.5. The SMILES string of the molecule is Cc1cc(C)n(CC(=O)N2CCC(c3nc(C4=NO[C@H](c5ccccc5Cl)C4)cs3)CC2)n1. The second kappa shape index (κ2) is 9.27. The Kier molecular flexibility index (Phi) is 6.21. The van der Waals surface area contributed by atoms with Gasteiger partial charge in [0.1, 0.15) is 12.3 Å². The van der Waals surface area contributed by atoms with E-state index in [9.17, 15) is 4.79 Å². The lowest BCUT2D eigenvalue weighted by Gasteiger charge is -2.31. The molecule has 1 fully saturated rings. The number of carbonyl (C=O) groups is 1. The van der Waals surface area contributed by atoms with Crippen LogP contribution in [-0.4, -0.2) is 44.4 Å². The van der Waals surface area contributed by atoms with Gasteiger partial charge in [-0.15, -0.1) is 11.3 Å². The van der Waals surface area contributed by atoms with Crippen molar-refractivity contribution in [1.82, 2.24) is 19.7 Å². The molecule has 2 aromatic heterocycles. The Labute approximate surface area is 202 Å². The summed E-state index contributed by atoms with van der Waals surface area (Å²) in [5.74, 6) is 0.492. The summed E-state index contributed by atoms with van der Waals surface area (Å²) in [4.78, 5) is 25.2. The molecule has 0 N–H and O–H groups in total. The Morgan fingerprint density at radius 3 is 2.76 bits per heavy atom. The maximum absolute atomic E-state index is 12.7. The number of halogens is 1. The van der Waals surface area contributed by atoms with Crippen LogP contribution in [0.2, 0.25) is 5.02 Å². The zero-order valence-corrected chi connectivity index (χ0v) is 20.3. The first-order chi connectivity index (χ1) is 16.0. The Morgan fingerprint density at radius 1 is 1.24 bits per heavy atom. The summed E-state index contributed by atoms with van der Waals surface area (Å²) in [6, 6.07) is 9.71. The van der Waals surface area contributed by atoms with E-state index in [2.05, 4.69) is 15.6 Å². The molecule has 2 aliphatic heterocycles. The Hall–Kier alpha value is -2.71. The average Bonchev–Trinajstić information content (AvgIpc) is 3.54. The van der Waals surface area contributed by atoms with Crippen molar-refractivity contribution >= 4 is 34.6 Å². The van der Waals surface area contributed by atoms with E-state index in [1.807, 2.05) is 49.1 Å². The number of hydrogen-bond acceptors (Lipinski definition) is 6. The number of rotatable bonds is 5. The van der Waals surface area contributed by atoms with Crippen molar-refractivity contribution in [3.05, 3.63) is 68.4 Å².